The van der Waals surface area contributed by atoms with Crippen LogP contribution in [0, 0.1) is 28.6 Å². The van der Waals surface area contributed by atoms with E-state index in [0.717, 1.165) is 13.8 Å². The van der Waals surface area contributed by atoms with Crippen LogP contribution in [0.5, 0.6) is 0 Å². The van der Waals surface area contributed by atoms with E-state index in [9.17, 15) is 29.1 Å². The second-order valence-corrected chi connectivity index (χ2v) is 14.1. The molecule has 14 nitrogen and oxygen atoms in total. The summed E-state index contributed by atoms with van der Waals surface area (Å²) in [5.41, 5.74) is -5.59. The average molecular weight is 667 g/mol. The van der Waals surface area contributed by atoms with Crippen molar-refractivity contribution in [1.82, 2.24) is 0 Å². The molecule has 2 aliphatic carbocycles. The second-order valence-electron chi connectivity index (χ2n) is 14.1. The van der Waals surface area contributed by atoms with Crippen LogP contribution in [0.1, 0.15) is 74.7 Å². The molecule has 0 amide bonds. The molecular formula is C33H46O14. The monoisotopic (exact) mass is 666 g/mol. The van der Waals surface area contributed by atoms with Gasteiger partial charge >= 0.3 is 29.8 Å². The Labute approximate surface area is 273 Å². The lowest BCUT2D eigenvalue weighted by molar-refractivity contribution is -0.286. The van der Waals surface area contributed by atoms with Crippen LogP contribution < -0.4 is 0 Å². The van der Waals surface area contributed by atoms with Crippen LogP contribution in [0.15, 0.2) is 12.3 Å². The number of carbonyl (C=O) groups is 5. The van der Waals surface area contributed by atoms with E-state index in [4.69, 9.17) is 37.9 Å². The van der Waals surface area contributed by atoms with Crippen molar-refractivity contribution in [2.75, 3.05) is 13.2 Å². The van der Waals surface area contributed by atoms with Crippen molar-refractivity contribution in [3.05, 3.63) is 12.3 Å². The minimum absolute atomic E-state index is 0.0264. The molecule has 2 saturated carbocycles. The van der Waals surface area contributed by atoms with E-state index in [1.54, 1.807) is 6.26 Å². The summed E-state index contributed by atoms with van der Waals surface area (Å²) in [6, 6.07) is 0. The van der Waals surface area contributed by atoms with Gasteiger partial charge in [0.05, 0.1) is 30.5 Å². The molecule has 14 heteroatoms. The Morgan fingerprint density at radius 2 is 1.68 bits per heavy atom. The van der Waals surface area contributed by atoms with Gasteiger partial charge in [-0.1, -0.05) is 13.8 Å². The van der Waals surface area contributed by atoms with Crippen molar-refractivity contribution in [2.24, 2.45) is 28.6 Å². The fraction of sp³-hybridized carbons (Fsp3) is 0.788. The Morgan fingerprint density at radius 3 is 2.23 bits per heavy atom. The van der Waals surface area contributed by atoms with Crippen molar-refractivity contribution in [3.63, 3.8) is 0 Å². The van der Waals surface area contributed by atoms with Gasteiger partial charge in [0.1, 0.15) is 24.4 Å². The molecule has 4 fully saturated rings. The summed E-state index contributed by atoms with van der Waals surface area (Å²) in [5, 5.41) is 11.9. The summed E-state index contributed by atoms with van der Waals surface area (Å²) in [7, 11) is 0. The van der Waals surface area contributed by atoms with Crippen molar-refractivity contribution in [1.29, 1.82) is 0 Å². The van der Waals surface area contributed by atoms with Crippen LogP contribution in [-0.2, 0) is 61.9 Å². The van der Waals surface area contributed by atoms with Gasteiger partial charge in [-0.25, -0.2) is 4.79 Å². The number of aliphatic hydroxyl groups is 1. The van der Waals surface area contributed by atoms with Gasteiger partial charge in [0.2, 0.25) is 11.9 Å². The number of carbonyl (C=O) groups excluding carboxylic acids is 5. The van der Waals surface area contributed by atoms with E-state index in [0.29, 0.717) is 12.8 Å². The summed E-state index contributed by atoms with van der Waals surface area (Å²) in [4.78, 5) is 62.9. The van der Waals surface area contributed by atoms with Gasteiger partial charge in [0, 0.05) is 39.0 Å². The third-order valence-electron chi connectivity index (χ3n) is 11.4. The molecule has 0 aromatic heterocycles. The molecule has 1 spiro atoms. The molecule has 0 aromatic carbocycles. The number of aliphatic hydroxyl groups excluding tert-OH is 1. The molecule has 0 radical (unpaired) electrons. The predicted octanol–water partition coefficient (Wildman–Crippen LogP) is 2.12. The summed E-state index contributed by atoms with van der Waals surface area (Å²) < 4.78 is 46.8. The van der Waals surface area contributed by atoms with Crippen molar-refractivity contribution < 1.29 is 67.0 Å². The molecule has 7 unspecified atom stereocenters. The van der Waals surface area contributed by atoms with Crippen LogP contribution in [0.25, 0.3) is 0 Å². The zero-order valence-electron chi connectivity index (χ0n) is 28.1. The lowest BCUT2D eigenvalue weighted by Gasteiger charge is -2.65. The van der Waals surface area contributed by atoms with E-state index in [1.807, 2.05) is 13.0 Å². The minimum Gasteiger partial charge on any atom is -0.472 e. The van der Waals surface area contributed by atoms with Crippen molar-refractivity contribution in [2.45, 2.75) is 123 Å². The van der Waals surface area contributed by atoms with E-state index >= 15 is 0 Å². The first-order chi connectivity index (χ1) is 21.9. The summed E-state index contributed by atoms with van der Waals surface area (Å²) >= 11 is 0. The van der Waals surface area contributed by atoms with Crippen LogP contribution in [0.3, 0.4) is 0 Å². The van der Waals surface area contributed by atoms with Crippen LogP contribution in [0.4, 0.5) is 0 Å². The zero-order chi connectivity index (χ0) is 34.7. The van der Waals surface area contributed by atoms with Crippen LogP contribution in [0.2, 0.25) is 0 Å². The van der Waals surface area contributed by atoms with E-state index < -0.39 is 88.5 Å². The first-order valence-electron chi connectivity index (χ1n) is 16.1. The minimum atomic E-state index is -2.10. The van der Waals surface area contributed by atoms with Gasteiger partial charge in [0.25, 0.3) is 0 Å². The maximum Gasteiger partial charge on any atom is 0.354 e. The van der Waals surface area contributed by atoms with Gasteiger partial charge in [-0.2, -0.15) is 0 Å². The predicted molar refractivity (Wildman–Crippen MR) is 158 cm³/mol. The van der Waals surface area contributed by atoms with E-state index in [1.165, 1.54) is 27.7 Å². The number of rotatable bonds is 9. The van der Waals surface area contributed by atoms with Crippen molar-refractivity contribution >= 4 is 29.8 Å². The molecule has 13 atom stereocenters. The number of hydrogen-bond acceptors (Lipinski definition) is 14. The van der Waals surface area contributed by atoms with Crippen LogP contribution in [-0.4, -0.2) is 96.2 Å². The Balaban J connectivity index is 1.60. The third kappa shape index (κ3) is 5.69. The average Bonchev–Trinajstić information content (AvgIpc) is 3.44. The summed E-state index contributed by atoms with van der Waals surface area (Å²) in [6.45, 7) is 11.2. The number of esters is 5. The highest BCUT2D eigenvalue weighted by Gasteiger charge is 2.82. The number of fused-ring (bicyclic) bond motifs is 3. The Kier molecular flexibility index (Phi) is 9.21. The van der Waals surface area contributed by atoms with E-state index in [-0.39, 0.29) is 37.6 Å². The maximum absolute atomic E-state index is 14.0. The molecule has 0 bridgehead atoms. The van der Waals surface area contributed by atoms with Gasteiger partial charge in [-0.05, 0) is 51.0 Å². The molecule has 0 aromatic rings. The zero-order valence-corrected chi connectivity index (χ0v) is 28.1. The molecule has 2 saturated heterocycles. The quantitative estimate of drug-likeness (QED) is 0.215. The second kappa shape index (κ2) is 12.3. The highest BCUT2D eigenvalue weighted by atomic mass is 16.7. The topological polar surface area (TPSA) is 183 Å². The highest BCUT2D eigenvalue weighted by Crippen LogP contribution is 2.70. The Bertz CT molecular complexity index is 1320. The first-order valence-corrected chi connectivity index (χ1v) is 16.1. The van der Waals surface area contributed by atoms with Crippen LogP contribution >= 0.6 is 0 Å². The molecule has 5 aliphatic rings. The molecule has 262 valence electrons. The highest BCUT2D eigenvalue weighted by molar-refractivity contribution is 5.84. The van der Waals surface area contributed by atoms with Gasteiger partial charge < -0.3 is 43.0 Å². The van der Waals surface area contributed by atoms with Gasteiger partial charge in [-0.15, -0.1) is 0 Å². The fourth-order valence-electron chi connectivity index (χ4n) is 8.78. The molecular weight excluding hydrogens is 620 g/mol. The Hall–Kier alpha value is -3.23. The molecule has 5 rings (SSSR count). The normalized spacial score (nSPS) is 41.7. The number of hydrogen-bond donors (Lipinski definition) is 1. The Morgan fingerprint density at radius 1 is 1.00 bits per heavy atom. The number of epoxide rings is 1. The standard InChI is InChI=1S/C33H46O14/c1-16-11-26(44-20(5)36)32(14-41-18(3)34)24(30(16,7)25-12-22-9-10-40-28(22)45-25)13-23(38)27(33(32)15-42-33)46-29(39)31(8,47-21(6)37)17(2)43-19(4)35/h9-10,16-17,22-28,38H,11-15H2,1-8H3/t16-,17?,22+,23?,24-,25?,26?,27?,28?,30+,31?,32+,33+/m0/s1. The fourth-order valence-corrected chi connectivity index (χ4v) is 8.78. The molecule has 1 N–H and O–H groups in total. The summed E-state index contributed by atoms with van der Waals surface area (Å²) in [5.74, 6) is -4.41. The van der Waals surface area contributed by atoms with E-state index in [2.05, 4.69) is 6.92 Å². The van der Waals surface area contributed by atoms with Gasteiger partial charge in [0.15, 0.2) is 6.10 Å². The van der Waals surface area contributed by atoms with Gasteiger partial charge in [-0.3, -0.25) is 19.2 Å². The summed E-state index contributed by atoms with van der Waals surface area (Å²) in [6.07, 6.45) is -1.06. The smallest absolute Gasteiger partial charge is 0.354 e. The lowest BCUT2D eigenvalue weighted by Crippen LogP contribution is -2.75. The maximum atomic E-state index is 14.0. The number of ether oxygens (including phenoxy) is 8. The third-order valence-corrected chi connectivity index (χ3v) is 11.4. The molecule has 3 aliphatic heterocycles. The SMILES string of the molecule is CC(=O)OC[C@]12C(OC(C)=O)C[C@H](C)[C@@](C)(C3C[C@H]4C=COC4O3)[C@@H]1CC(O)C(OC(=O)C(C)(OC(C)=O)C(C)OC(C)=O)[C@]21CO1. The molecule has 3 heterocycles. The lowest BCUT2D eigenvalue weighted by atomic mass is 9.41. The largest absolute Gasteiger partial charge is 0.472 e. The first kappa shape index (κ1) is 35.1. The van der Waals surface area contributed by atoms with Crippen molar-refractivity contribution in [3.8, 4) is 0 Å². The molecule has 47 heavy (non-hydrogen) atoms.